The molecule has 2 saturated heterocycles. The van der Waals surface area contributed by atoms with Crippen molar-refractivity contribution in [2.45, 2.75) is 25.7 Å². The van der Waals surface area contributed by atoms with E-state index in [0.717, 1.165) is 12.1 Å². The van der Waals surface area contributed by atoms with Crippen LogP contribution in [0.15, 0.2) is 48.5 Å². The van der Waals surface area contributed by atoms with E-state index < -0.39 is 0 Å². The summed E-state index contributed by atoms with van der Waals surface area (Å²) in [5.41, 5.74) is 1.90. The molecule has 0 radical (unpaired) electrons. The van der Waals surface area contributed by atoms with Crippen molar-refractivity contribution < 1.29 is 14.4 Å². The number of nitrogens with one attached hydrogen (secondary N) is 1. The first-order valence-electron chi connectivity index (χ1n) is 10.3. The van der Waals surface area contributed by atoms with Crippen LogP contribution in [-0.2, 0) is 9.59 Å². The lowest BCUT2D eigenvalue weighted by molar-refractivity contribution is -0.121. The summed E-state index contributed by atoms with van der Waals surface area (Å²) >= 11 is 6.29. The van der Waals surface area contributed by atoms with E-state index in [9.17, 15) is 14.4 Å². The maximum Gasteiger partial charge on any atom is 0.253 e. The predicted molar refractivity (Wildman–Crippen MR) is 117 cm³/mol. The summed E-state index contributed by atoms with van der Waals surface area (Å²) in [5.74, 6) is -0.180. The topological polar surface area (TPSA) is 69.7 Å². The Balaban J connectivity index is 1.38. The van der Waals surface area contributed by atoms with Gasteiger partial charge in [0.2, 0.25) is 11.8 Å². The van der Waals surface area contributed by atoms with Gasteiger partial charge in [-0.1, -0.05) is 29.8 Å². The minimum Gasteiger partial charge on any atom is -0.339 e. The van der Waals surface area contributed by atoms with Crippen molar-refractivity contribution in [3.05, 3.63) is 59.1 Å². The highest BCUT2D eigenvalue weighted by Crippen LogP contribution is 2.31. The van der Waals surface area contributed by atoms with Gasteiger partial charge in [-0.2, -0.15) is 0 Å². The van der Waals surface area contributed by atoms with E-state index in [1.165, 1.54) is 0 Å². The van der Waals surface area contributed by atoms with Crippen LogP contribution in [0, 0.1) is 5.92 Å². The van der Waals surface area contributed by atoms with Crippen LogP contribution in [0.5, 0.6) is 0 Å². The molecule has 2 aliphatic rings. The fourth-order valence-corrected chi connectivity index (χ4v) is 4.27. The largest absolute Gasteiger partial charge is 0.339 e. The molecular formula is C23H24ClN3O3. The number of hydrogen-bond donors (Lipinski definition) is 1. The van der Waals surface area contributed by atoms with Crippen molar-refractivity contribution in [1.29, 1.82) is 0 Å². The second kappa shape index (κ2) is 8.88. The molecule has 0 spiro atoms. The van der Waals surface area contributed by atoms with E-state index in [1.54, 1.807) is 28.0 Å². The number of carbonyl (C=O) groups is 3. The summed E-state index contributed by atoms with van der Waals surface area (Å²) in [6, 6.07) is 14.5. The first-order valence-corrected chi connectivity index (χ1v) is 10.7. The van der Waals surface area contributed by atoms with Crippen LogP contribution in [0.3, 0.4) is 0 Å². The van der Waals surface area contributed by atoms with Crippen molar-refractivity contribution in [3.8, 4) is 0 Å². The number of rotatable bonds is 4. The number of hydrogen-bond acceptors (Lipinski definition) is 3. The number of anilines is 2. The number of nitrogens with zero attached hydrogens (tertiary/aromatic N) is 2. The highest BCUT2D eigenvalue weighted by Gasteiger charge is 2.29. The van der Waals surface area contributed by atoms with Crippen LogP contribution in [0.4, 0.5) is 11.4 Å². The normalized spacial score (nSPS) is 17.3. The zero-order valence-corrected chi connectivity index (χ0v) is 17.4. The molecule has 0 aliphatic carbocycles. The van der Waals surface area contributed by atoms with E-state index in [4.69, 9.17) is 11.6 Å². The Labute approximate surface area is 180 Å². The Bertz CT molecular complexity index is 955. The highest BCUT2D eigenvalue weighted by atomic mass is 35.5. The molecule has 4 rings (SSSR count). The summed E-state index contributed by atoms with van der Waals surface area (Å²) in [6.07, 6.45) is 2.55. The third-order valence-electron chi connectivity index (χ3n) is 5.75. The molecule has 156 valence electrons. The molecule has 2 aliphatic heterocycles. The average Bonchev–Trinajstić information content (AvgIpc) is 3.20. The van der Waals surface area contributed by atoms with Gasteiger partial charge >= 0.3 is 0 Å². The number of amides is 3. The quantitative estimate of drug-likeness (QED) is 0.806. The number of likely N-dealkylation sites (tertiary alicyclic amines) is 1. The first-order chi connectivity index (χ1) is 14.5. The lowest BCUT2D eigenvalue weighted by Gasteiger charge is -2.31. The highest BCUT2D eigenvalue weighted by molar-refractivity contribution is 6.34. The molecule has 3 amide bonds. The fourth-order valence-electron chi connectivity index (χ4n) is 4.05. The molecule has 7 heteroatoms. The zero-order valence-electron chi connectivity index (χ0n) is 16.6. The SMILES string of the molecule is O=C(Nc1ccccc1)C1CCN(C(=O)c2ccc(Cl)c(N3CCCC3=O)c2)CC1. The molecule has 1 N–H and O–H groups in total. The van der Waals surface area contributed by atoms with Crippen molar-refractivity contribution in [3.63, 3.8) is 0 Å². The van der Waals surface area contributed by atoms with Gasteiger partial charge in [0, 0.05) is 43.2 Å². The van der Waals surface area contributed by atoms with E-state index in [0.29, 0.717) is 55.2 Å². The Kier molecular flexibility index (Phi) is 6.04. The van der Waals surface area contributed by atoms with Crippen LogP contribution < -0.4 is 10.2 Å². The molecule has 2 aromatic carbocycles. The lowest BCUT2D eigenvalue weighted by atomic mass is 9.95. The lowest BCUT2D eigenvalue weighted by Crippen LogP contribution is -2.41. The molecule has 2 fully saturated rings. The van der Waals surface area contributed by atoms with Crippen LogP contribution in [0.25, 0.3) is 0 Å². The summed E-state index contributed by atoms with van der Waals surface area (Å²) in [6.45, 7) is 1.66. The summed E-state index contributed by atoms with van der Waals surface area (Å²) in [5, 5.41) is 3.41. The van der Waals surface area contributed by atoms with Crippen molar-refractivity contribution in [1.82, 2.24) is 4.90 Å². The molecular weight excluding hydrogens is 402 g/mol. The zero-order chi connectivity index (χ0) is 21.1. The monoisotopic (exact) mass is 425 g/mol. The van der Waals surface area contributed by atoms with Gasteiger partial charge in [0.25, 0.3) is 5.91 Å². The Morgan fingerprint density at radius 1 is 1.00 bits per heavy atom. The average molecular weight is 426 g/mol. The van der Waals surface area contributed by atoms with Gasteiger partial charge in [0.15, 0.2) is 0 Å². The predicted octanol–water partition coefficient (Wildman–Crippen LogP) is 3.96. The molecule has 0 atom stereocenters. The Morgan fingerprint density at radius 2 is 1.73 bits per heavy atom. The smallest absolute Gasteiger partial charge is 0.253 e. The van der Waals surface area contributed by atoms with Gasteiger partial charge in [0.05, 0.1) is 10.7 Å². The van der Waals surface area contributed by atoms with Crippen molar-refractivity contribution in [2.24, 2.45) is 5.92 Å². The van der Waals surface area contributed by atoms with Crippen LogP contribution in [-0.4, -0.2) is 42.3 Å². The summed E-state index contributed by atoms with van der Waals surface area (Å²) < 4.78 is 0. The van der Waals surface area contributed by atoms with Crippen LogP contribution in [0.2, 0.25) is 5.02 Å². The molecule has 0 aromatic heterocycles. The van der Waals surface area contributed by atoms with Crippen molar-refractivity contribution in [2.75, 3.05) is 29.9 Å². The fraction of sp³-hybridized carbons (Fsp3) is 0.348. The minimum atomic E-state index is -0.114. The third kappa shape index (κ3) is 4.33. The first kappa shape index (κ1) is 20.4. The van der Waals surface area contributed by atoms with Crippen LogP contribution >= 0.6 is 11.6 Å². The van der Waals surface area contributed by atoms with Gasteiger partial charge in [-0.05, 0) is 49.6 Å². The number of para-hydroxylation sites is 1. The number of piperidine rings is 1. The van der Waals surface area contributed by atoms with Gasteiger partial charge in [0.1, 0.15) is 0 Å². The van der Waals surface area contributed by atoms with Gasteiger partial charge in [-0.25, -0.2) is 0 Å². The number of benzene rings is 2. The second-order valence-corrected chi connectivity index (χ2v) is 8.14. The Morgan fingerprint density at radius 3 is 2.40 bits per heavy atom. The molecule has 6 nitrogen and oxygen atoms in total. The second-order valence-electron chi connectivity index (χ2n) is 7.74. The van der Waals surface area contributed by atoms with Gasteiger partial charge in [-0.3, -0.25) is 14.4 Å². The van der Waals surface area contributed by atoms with E-state index in [2.05, 4.69) is 5.32 Å². The molecule has 0 bridgehead atoms. The van der Waals surface area contributed by atoms with Crippen molar-refractivity contribution >= 4 is 40.7 Å². The number of halogens is 1. The van der Waals surface area contributed by atoms with E-state index in [1.807, 2.05) is 30.3 Å². The maximum atomic E-state index is 13.0. The van der Waals surface area contributed by atoms with E-state index in [-0.39, 0.29) is 23.6 Å². The standard InChI is InChI=1S/C23H24ClN3O3/c24-19-9-8-17(15-20(19)27-12-4-7-21(27)28)23(30)26-13-10-16(11-14-26)22(29)25-18-5-2-1-3-6-18/h1-3,5-6,8-9,15-16H,4,7,10-14H2,(H,25,29). The molecule has 0 saturated carbocycles. The van der Waals surface area contributed by atoms with Gasteiger partial charge < -0.3 is 15.1 Å². The molecule has 2 heterocycles. The third-order valence-corrected chi connectivity index (χ3v) is 6.07. The molecule has 30 heavy (non-hydrogen) atoms. The van der Waals surface area contributed by atoms with Gasteiger partial charge in [-0.15, -0.1) is 0 Å². The Hall–Kier alpha value is -2.86. The van der Waals surface area contributed by atoms with E-state index >= 15 is 0 Å². The molecule has 0 unspecified atom stereocenters. The summed E-state index contributed by atoms with van der Waals surface area (Å²) in [4.78, 5) is 41.0. The summed E-state index contributed by atoms with van der Waals surface area (Å²) in [7, 11) is 0. The van der Waals surface area contributed by atoms with Crippen LogP contribution in [0.1, 0.15) is 36.0 Å². The maximum absolute atomic E-state index is 13.0. The molecule has 2 aromatic rings. The minimum absolute atomic E-state index is 0.00498. The number of carbonyl (C=O) groups excluding carboxylic acids is 3.